The molecule has 1 aliphatic carbocycles. The number of carbonyl (C=O) groups excluding carboxylic acids is 1. The van der Waals surface area contributed by atoms with E-state index in [2.05, 4.69) is 66.5 Å². The Balaban J connectivity index is 1.49. The minimum absolute atomic E-state index is 0.129. The molecule has 174 valence electrons. The number of hydrogen-bond donors (Lipinski definition) is 1. The number of rotatable bonds is 8. The first kappa shape index (κ1) is 24.0. The lowest BCUT2D eigenvalue weighted by atomic mass is 9.64. The van der Waals surface area contributed by atoms with Crippen molar-refractivity contribution in [1.29, 1.82) is 0 Å². The van der Waals surface area contributed by atoms with Gasteiger partial charge in [0.25, 0.3) is 0 Å². The number of hydrogen-bond acceptors (Lipinski definition) is 6. The lowest BCUT2D eigenvalue weighted by Gasteiger charge is -2.39. The summed E-state index contributed by atoms with van der Waals surface area (Å²) in [7, 11) is 2.03. The van der Waals surface area contributed by atoms with Gasteiger partial charge in [0.15, 0.2) is 17.4 Å². The Bertz CT molecular complexity index is 948. The van der Waals surface area contributed by atoms with E-state index in [0.717, 1.165) is 50.4 Å². The lowest BCUT2D eigenvalue weighted by molar-refractivity contribution is -0.117. The molecule has 0 aromatic carbocycles. The molecule has 6 nitrogen and oxygen atoms in total. The molecule has 0 saturated carbocycles. The summed E-state index contributed by atoms with van der Waals surface area (Å²) in [5, 5.41) is 0. The largest absolute Gasteiger partial charge is 0.382 e. The summed E-state index contributed by atoms with van der Waals surface area (Å²) in [4.78, 5) is 24.7. The van der Waals surface area contributed by atoms with Crippen LogP contribution in [0.3, 0.4) is 0 Å². The molecule has 6 heteroatoms. The van der Waals surface area contributed by atoms with E-state index >= 15 is 0 Å². The molecule has 0 spiro atoms. The normalized spacial score (nSPS) is 24.1. The van der Waals surface area contributed by atoms with Crippen LogP contribution in [0.15, 0.2) is 41.3 Å². The zero-order valence-electron chi connectivity index (χ0n) is 20.6. The third-order valence-corrected chi connectivity index (χ3v) is 7.50. The highest BCUT2D eigenvalue weighted by molar-refractivity contribution is 5.91. The van der Waals surface area contributed by atoms with Gasteiger partial charge in [-0.15, -0.1) is 0 Å². The molecule has 0 radical (unpaired) electrons. The first-order chi connectivity index (χ1) is 15.1. The zero-order valence-corrected chi connectivity index (χ0v) is 20.6. The Kier molecular flexibility index (Phi) is 7.42. The molecule has 3 rings (SSSR count). The summed E-state index contributed by atoms with van der Waals surface area (Å²) >= 11 is 0. The number of nitrogens with two attached hydrogens (primary N) is 1. The predicted octanol–water partition coefficient (Wildman–Crippen LogP) is 5.29. The van der Waals surface area contributed by atoms with Crippen LogP contribution in [0.1, 0.15) is 66.7 Å². The summed E-state index contributed by atoms with van der Waals surface area (Å²) in [5.41, 5.74) is 11.2. The Hall–Kier alpha value is -2.63. The number of nitrogen functional groups attached to an aromatic ring is 1. The monoisotopic (exact) mass is 437 g/mol. The van der Waals surface area contributed by atoms with Crippen LogP contribution in [0.25, 0.3) is 0 Å². The van der Waals surface area contributed by atoms with Crippen molar-refractivity contribution in [3.8, 4) is 0 Å². The molecule has 2 aliphatic rings. The van der Waals surface area contributed by atoms with E-state index in [1.165, 1.54) is 23.0 Å². The van der Waals surface area contributed by atoms with Gasteiger partial charge in [-0.05, 0) is 63.9 Å². The van der Waals surface area contributed by atoms with Gasteiger partial charge in [-0.1, -0.05) is 42.7 Å². The molecule has 2 N–H and O–H groups in total. The standard InChI is InChI=1S/C26H39N5O/c1-18(10-12-26(5)20(3)14-22(32)15-21(26)4)8-7-9-19(2)11-13-31-17-30(6)25-23(31)24(27)28-16-29-25/h8,11,14,16,21H,7,9-10,12-13,15,17H2,1-6H3,(H2,27,28,29)/b18-8?,19-11+/t21-,26-/m0/s1. The molecule has 2 atom stereocenters. The molecule has 1 aromatic heterocycles. The van der Waals surface area contributed by atoms with Gasteiger partial charge in [0, 0.05) is 20.0 Å². The maximum atomic E-state index is 11.8. The Morgan fingerprint density at radius 3 is 2.69 bits per heavy atom. The number of fused-ring (bicyclic) bond motifs is 1. The number of carbonyl (C=O) groups is 1. The first-order valence-electron chi connectivity index (χ1n) is 11.7. The van der Waals surface area contributed by atoms with Crippen molar-refractivity contribution in [3.63, 3.8) is 0 Å². The smallest absolute Gasteiger partial charge is 0.159 e. The van der Waals surface area contributed by atoms with Crippen molar-refractivity contribution in [2.75, 3.05) is 35.8 Å². The summed E-state index contributed by atoms with van der Waals surface area (Å²) in [5.74, 6) is 2.13. The van der Waals surface area contributed by atoms with Crippen LogP contribution >= 0.6 is 0 Å². The highest BCUT2D eigenvalue weighted by atomic mass is 16.1. The SMILES string of the molecule is CC(=CCC/C(C)=C/CN1CN(C)c2ncnc(N)c21)CC[C@@]1(C)C(C)=CC(=O)C[C@@H]1C. The Morgan fingerprint density at radius 2 is 1.97 bits per heavy atom. The third-order valence-electron chi connectivity index (χ3n) is 7.50. The average Bonchev–Trinajstić information content (AvgIpc) is 3.06. The van der Waals surface area contributed by atoms with Crippen LogP contribution in [-0.2, 0) is 4.79 Å². The quantitative estimate of drug-likeness (QED) is 0.557. The van der Waals surface area contributed by atoms with E-state index in [1.54, 1.807) is 0 Å². The lowest BCUT2D eigenvalue weighted by Crippen LogP contribution is -2.32. The van der Waals surface area contributed by atoms with Crippen LogP contribution in [0.5, 0.6) is 0 Å². The predicted molar refractivity (Wildman–Crippen MR) is 134 cm³/mol. The van der Waals surface area contributed by atoms with Crippen molar-refractivity contribution in [1.82, 2.24) is 9.97 Å². The van der Waals surface area contributed by atoms with E-state index in [4.69, 9.17) is 5.73 Å². The topological polar surface area (TPSA) is 75.3 Å². The van der Waals surface area contributed by atoms with Gasteiger partial charge in [0.2, 0.25) is 0 Å². The maximum absolute atomic E-state index is 11.8. The van der Waals surface area contributed by atoms with Gasteiger partial charge in [-0.25, -0.2) is 9.97 Å². The molecule has 0 amide bonds. The summed E-state index contributed by atoms with van der Waals surface area (Å²) in [6, 6.07) is 0. The maximum Gasteiger partial charge on any atom is 0.159 e. The first-order valence-corrected chi connectivity index (χ1v) is 11.7. The summed E-state index contributed by atoms with van der Waals surface area (Å²) < 4.78 is 0. The summed E-state index contributed by atoms with van der Waals surface area (Å²) in [6.45, 7) is 12.7. The fraction of sp³-hybridized carbons (Fsp3) is 0.577. The second-order valence-electron chi connectivity index (χ2n) is 9.95. The number of anilines is 3. The van der Waals surface area contributed by atoms with E-state index in [0.29, 0.717) is 18.2 Å². The average molecular weight is 438 g/mol. The number of ketones is 1. The van der Waals surface area contributed by atoms with E-state index in [1.807, 2.05) is 13.1 Å². The van der Waals surface area contributed by atoms with Crippen LogP contribution in [0.2, 0.25) is 0 Å². The van der Waals surface area contributed by atoms with Crippen LogP contribution in [0.4, 0.5) is 17.3 Å². The number of nitrogens with zero attached hydrogens (tertiary/aromatic N) is 4. The van der Waals surface area contributed by atoms with Crippen molar-refractivity contribution >= 4 is 23.1 Å². The molecule has 0 fully saturated rings. The van der Waals surface area contributed by atoms with Crippen LogP contribution in [-0.4, -0.2) is 36.0 Å². The Labute approximate surface area is 193 Å². The van der Waals surface area contributed by atoms with Crippen LogP contribution < -0.4 is 15.5 Å². The van der Waals surface area contributed by atoms with E-state index in [9.17, 15) is 4.79 Å². The van der Waals surface area contributed by atoms with Gasteiger partial charge >= 0.3 is 0 Å². The molecule has 1 aliphatic heterocycles. The highest BCUT2D eigenvalue weighted by Crippen LogP contribution is 2.45. The van der Waals surface area contributed by atoms with Gasteiger partial charge in [-0.3, -0.25) is 4.79 Å². The number of allylic oxidation sites excluding steroid dienone is 5. The van der Waals surface area contributed by atoms with Crippen molar-refractivity contribution in [2.24, 2.45) is 11.3 Å². The molecule has 0 saturated heterocycles. The third kappa shape index (κ3) is 5.22. The second kappa shape index (κ2) is 9.88. The molecular weight excluding hydrogens is 398 g/mol. The van der Waals surface area contributed by atoms with Gasteiger partial charge < -0.3 is 15.5 Å². The molecule has 0 bridgehead atoms. The fourth-order valence-electron chi connectivity index (χ4n) is 4.81. The molecule has 32 heavy (non-hydrogen) atoms. The van der Waals surface area contributed by atoms with E-state index < -0.39 is 0 Å². The van der Waals surface area contributed by atoms with Crippen molar-refractivity contribution in [2.45, 2.75) is 66.7 Å². The van der Waals surface area contributed by atoms with Crippen molar-refractivity contribution in [3.05, 3.63) is 41.3 Å². The highest BCUT2D eigenvalue weighted by Gasteiger charge is 2.36. The molecule has 0 unspecified atom stereocenters. The molecule has 2 heterocycles. The molecule has 1 aromatic rings. The Morgan fingerprint density at radius 1 is 1.25 bits per heavy atom. The minimum Gasteiger partial charge on any atom is -0.382 e. The fourth-order valence-corrected chi connectivity index (χ4v) is 4.81. The molecular formula is C26H39N5O. The van der Waals surface area contributed by atoms with Gasteiger partial charge in [0.1, 0.15) is 12.0 Å². The minimum atomic E-state index is 0.129. The second-order valence-corrected chi connectivity index (χ2v) is 9.95. The zero-order chi connectivity index (χ0) is 23.5. The summed E-state index contributed by atoms with van der Waals surface area (Å²) in [6.07, 6.45) is 13.0. The van der Waals surface area contributed by atoms with Gasteiger partial charge in [-0.2, -0.15) is 0 Å². The van der Waals surface area contributed by atoms with E-state index in [-0.39, 0.29) is 11.2 Å². The van der Waals surface area contributed by atoms with Crippen LogP contribution in [0, 0.1) is 11.3 Å². The van der Waals surface area contributed by atoms with Gasteiger partial charge in [0.05, 0.1) is 6.67 Å². The van der Waals surface area contributed by atoms with Crippen molar-refractivity contribution < 1.29 is 4.79 Å². The number of aromatic nitrogens is 2.